The summed E-state index contributed by atoms with van der Waals surface area (Å²) in [5.41, 5.74) is 1.85. The predicted molar refractivity (Wildman–Crippen MR) is 95.4 cm³/mol. The molecule has 1 aromatic rings. The standard InChI is InChI=1S/C19H28N2O4/c1-13(2)14-4-6-15(7-5-14)19(24)21-9-8-17(16(10-21)11-22)20-18(23)12-25-3/h4-7,13,16-17,22H,8-12H2,1-3H3,(H,20,23)/t16-,17-/m1/s1. The lowest BCUT2D eigenvalue weighted by molar-refractivity contribution is -0.126. The molecular weight excluding hydrogens is 320 g/mol. The van der Waals surface area contributed by atoms with Gasteiger partial charge in [0, 0.05) is 44.3 Å². The summed E-state index contributed by atoms with van der Waals surface area (Å²) < 4.78 is 4.82. The number of hydrogen-bond donors (Lipinski definition) is 2. The minimum absolute atomic E-state index is 0.000503. The van der Waals surface area contributed by atoms with Crippen LogP contribution in [-0.2, 0) is 9.53 Å². The molecule has 1 heterocycles. The summed E-state index contributed by atoms with van der Waals surface area (Å²) >= 11 is 0. The molecule has 0 unspecified atom stereocenters. The maximum Gasteiger partial charge on any atom is 0.253 e. The molecule has 1 saturated heterocycles. The van der Waals surface area contributed by atoms with Crippen molar-refractivity contribution in [1.29, 1.82) is 0 Å². The molecule has 0 bridgehead atoms. The van der Waals surface area contributed by atoms with Crippen molar-refractivity contribution in [1.82, 2.24) is 10.2 Å². The van der Waals surface area contributed by atoms with E-state index in [0.29, 0.717) is 31.0 Å². The van der Waals surface area contributed by atoms with Gasteiger partial charge >= 0.3 is 0 Å². The number of ether oxygens (including phenoxy) is 1. The highest BCUT2D eigenvalue weighted by Crippen LogP contribution is 2.21. The molecule has 2 atom stereocenters. The zero-order valence-electron chi connectivity index (χ0n) is 15.2. The molecule has 25 heavy (non-hydrogen) atoms. The van der Waals surface area contributed by atoms with E-state index in [9.17, 15) is 14.7 Å². The van der Waals surface area contributed by atoms with Crippen molar-refractivity contribution in [2.24, 2.45) is 5.92 Å². The monoisotopic (exact) mass is 348 g/mol. The van der Waals surface area contributed by atoms with Gasteiger partial charge < -0.3 is 20.1 Å². The number of benzene rings is 1. The van der Waals surface area contributed by atoms with Crippen LogP contribution < -0.4 is 5.32 Å². The summed E-state index contributed by atoms with van der Waals surface area (Å²) in [6, 6.07) is 7.55. The lowest BCUT2D eigenvalue weighted by Crippen LogP contribution is -2.54. The van der Waals surface area contributed by atoms with E-state index in [1.165, 1.54) is 12.7 Å². The SMILES string of the molecule is COCC(=O)N[C@@H]1CCN(C(=O)c2ccc(C(C)C)cc2)C[C@@H]1CO. The molecular formula is C19H28N2O4. The molecule has 1 fully saturated rings. The van der Waals surface area contributed by atoms with Crippen molar-refractivity contribution >= 4 is 11.8 Å². The average molecular weight is 348 g/mol. The van der Waals surface area contributed by atoms with Crippen LogP contribution in [0.4, 0.5) is 0 Å². The number of amides is 2. The summed E-state index contributed by atoms with van der Waals surface area (Å²) in [6.45, 7) is 5.14. The lowest BCUT2D eigenvalue weighted by Gasteiger charge is -2.38. The molecule has 1 aliphatic rings. The quantitative estimate of drug-likeness (QED) is 0.814. The van der Waals surface area contributed by atoms with Crippen molar-refractivity contribution < 1.29 is 19.4 Å². The second kappa shape index (κ2) is 8.97. The van der Waals surface area contributed by atoms with Crippen LogP contribution in [0.1, 0.15) is 42.1 Å². The fraction of sp³-hybridized carbons (Fsp3) is 0.579. The molecule has 2 rings (SSSR count). The molecule has 6 nitrogen and oxygen atoms in total. The van der Waals surface area contributed by atoms with Gasteiger partial charge in [-0.15, -0.1) is 0 Å². The maximum atomic E-state index is 12.7. The van der Waals surface area contributed by atoms with Crippen molar-refractivity contribution in [3.05, 3.63) is 35.4 Å². The summed E-state index contributed by atoms with van der Waals surface area (Å²) in [7, 11) is 1.47. The van der Waals surface area contributed by atoms with Gasteiger partial charge in [0.2, 0.25) is 5.91 Å². The number of piperidine rings is 1. The minimum Gasteiger partial charge on any atom is -0.396 e. The molecule has 0 radical (unpaired) electrons. The highest BCUT2D eigenvalue weighted by atomic mass is 16.5. The number of likely N-dealkylation sites (tertiary alicyclic amines) is 1. The molecule has 2 N–H and O–H groups in total. The summed E-state index contributed by atoms with van der Waals surface area (Å²) in [5.74, 6) is 0.0215. The van der Waals surface area contributed by atoms with Gasteiger partial charge in [0.15, 0.2) is 0 Å². The van der Waals surface area contributed by atoms with Crippen LogP contribution in [0.3, 0.4) is 0 Å². The smallest absolute Gasteiger partial charge is 0.253 e. The van der Waals surface area contributed by atoms with Gasteiger partial charge in [-0.05, 0) is 30.0 Å². The van der Waals surface area contributed by atoms with E-state index < -0.39 is 0 Å². The Kier molecular flexibility index (Phi) is 6.96. The Morgan fingerprint density at radius 2 is 2.00 bits per heavy atom. The number of aliphatic hydroxyl groups is 1. The highest BCUT2D eigenvalue weighted by molar-refractivity contribution is 5.94. The van der Waals surface area contributed by atoms with Gasteiger partial charge in [-0.2, -0.15) is 0 Å². The first-order valence-corrected chi connectivity index (χ1v) is 8.74. The number of aliphatic hydroxyl groups excluding tert-OH is 1. The number of methoxy groups -OCH3 is 1. The summed E-state index contributed by atoms with van der Waals surface area (Å²) in [6.07, 6.45) is 0.622. The fourth-order valence-corrected chi connectivity index (χ4v) is 3.16. The highest BCUT2D eigenvalue weighted by Gasteiger charge is 2.32. The zero-order chi connectivity index (χ0) is 18.4. The molecule has 2 amide bonds. The van der Waals surface area contributed by atoms with E-state index in [2.05, 4.69) is 19.2 Å². The molecule has 0 saturated carbocycles. The van der Waals surface area contributed by atoms with Crippen LogP contribution in [0, 0.1) is 5.92 Å². The second-order valence-electron chi connectivity index (χ2n) is 6.87. The van der Waals surface area contributed by atoms with E-state index in [0.717, 1.165) is 0 Å². The number of nitrogens with zero attached hydrogens (tertiary/aromatic N) is 1. The Hall–Kier alpha value is -1.92. The van der Waals surface area contributed by atoms with Crippen molar-refractivity contribution in [3.63, 3.8) is 0 Å². The molecule has 6 heteroatoms. The third kappa shape index (κ3) is 5.03. The summed E-state index contributed by atoms with van der Waals surface area (Å²) in [5, 5.41) is 12.5. The van der Waals surface area contributed by atoms with Crippen LogP contribution >= 0.6 is 0 Å². The van der Waals surface area contributed by atoms with E-state index >= 15 is 0 Å². The first kappa shape index (κ1) is 19.4. The van der Waals surface area contributed by atoms with Crippen molar-refractivity contribution in [3.8, 4) is 0 Å². The predicted octanol–water partition coefficient (Wildman–Crippen LogP) is 1.40. The van der Waals surface area contributed by atoms with Gasteiger partial charge in [-0.1, -0.05) is 26.0 Å². The first-order valence-electron chi connectivity index (χ1n) is 8.74. The molecule has 0 spiro atoms. The normalized spacial score (nSPS) is 20.6. The largest absolute Gasteiger partial charge is 0.396 e. The lowest BCUT2D eigenvalue weighted by atomic mass is 9.92. The number of hydrogen-bond acceptors (Lipinski definition) is 4. The minimum atomic E-state index is -0.199. The first-order chi connectivity index (χ1) is 12.0. The Morgan fingerprint density at radius 3 is 2.56 bits per heavy atom. The van der Waals surface area contributed by atoms with E-state index in [1.54, 1.807) is 4.90 Å². The molecule has 138 valence electrons. The molecule has 1 aliphatic heterocycles. The van der Waals surface area contributed by atoms with Gasteiger partial charge in [0.05, 0.1) is 0 Å². The topological polar surface area (TPSA) is 78.9 Å². The second-order valence-corrected chi connectivity index (χ2v) is 6.87. The van der Waals surface area contributed by atoms with Crippen LogP contribution in [0.5, 0.6) is 0 Å². The van der Waals surface area contributed by atoms with E-state index in [-0.39, 0.29) is 37.0 Å². The van der Waals surface area contributed by atoms with Crippen LogP contribution in [0.2, 0.25) is 0 Å². The van der Waals surface area contributed by atoms with E-state index in [1.807, 2.05) is 24.3 Å². The van der Waals surface area contributed by atoms with Gasteiger partial charge in [-0.25, -0.2) is 0 Å². The van der Waals surface area contributed by atoms with Crippen molar-refractivity contribution in [2.75, 3.05) is 33.4 Å². The third-order valence-electron chi connectivity index (χ3n) is 4.70. The average Bonchev–Trinajstić information content (AvgIpc) is 2.61. The molecule has 1 aromatic carbocycles. The molecule has 0 aliphatic carbocycles. The zero-order valence-corrected chi connectivity index (χ0v) is 15.2. The fourth-order valence-electron chi connectivity index (χ4n) is 3.16. The van der Waals surface area contributed by atoms with Gasteiger partial charge in [0.25, 0.3) is 5.91 Å². The van der Waals surface area contributed by atoms with Gasteiger partial charge in [-0.3, -0.25) is 9.59 Å². The number of rotatable bonds is 6. The Balaban J connectivity index is 1.99. The Labute approximate surface area is 149 Å². The maximum absolute atomic E-state index is 12.7. The van der Waals surface area contributed by atoms with Crippen LogP contribution in [0.15, 0.2) is 24.3 Å². The molecule has 0 aromatic heterocycles. The van der Waals surface area contributed by atoms with Crippen molar-refractivity contribution in [2.45, 2.75) is 32.2 Å². The van der Waals surface area contributed by atoms with Gasteiger partial charge in [0.1, 0.15) is 6.61 Å². The van der Waals surface area contributed by atoms with Crippen LogP contribution in [0.25, 0.3) is 0 Å². The number of carbonyl (C=O) groups excluding carboxylic acids is 2. The number of nitrogens with one attached hydrogen (secondary N) is 1. The Bertz CT molecular complexity index is 586. The Morgan fingerprint density at radius 1 is 1.32 bits per heavy atom. The number of carbonyl (C=O) groups is 2. The third-order valence-corrected chi connectivity index (χ3v) is 4.70. The van der Waals surface area contributed by atoms with E-state index in [4.69, 9.17) is 4.74 Å². The summed E-state index contributed by atoms with van der Waals surface area (Å²) in [4.78, 5) is 26.2. The van der Waals surface area contributed by atoms with Crippen LogP contribution in [-0.4, -0.2) is 61.3 Å².